The molecule has 0 aliphatic carbocycles. The second-order valence-electron chi connectivity index (χ2n) is 5.42. The van der Waals surface area contributed by atoms with Crippen molar-refractivity contribution in [3.05, 3.63) is 58.6 Å². The smallest absolute Gasteiger partial charge is 0.0696 e. The van der Waals surface area contributed by atoms with Gasteiger partial charge in [0.2, 0.25) is 0 Å². The van der Waals surface area contributed by atoms with E-state index in [2.05, 4.69) is 62.1 Å². The highest BCUT2D eigenvalue weighted by atomic mass is 79.9. The Balaban J connectivity index is 1.61. The van der Waals surface area contributed by atoms with Gasteiger partial charge >= 0.3 is 0 Å². The fourth-order valence-electron chi connectivity index (χ4n) is 2.79. The molecule has 2 N–H and O–H groups in total. The average Bonchev–Trinajstić information content (AvgIpc) is 2.52. The molecule has 21 heavy (non-hydrogen) atoms. The summed E-state index contributed by atoms with van der Waals surface area (Å²) in [4.78, 5) is 4.88. The van der Waals surface area contributed by atoms with Crippen molar-refractivity contribution in [1.29, 1.82) is 0 Å². The van der Waals surface area contributed by atoms with Crippen molar-refractivity contribution >= 4 is 27.3 Å². The minimum absolute atomic E-state index is 0.842. The van der Waals surface area contributed by atoms with Crippen LogP contribution in [0.4, 0.5) is 11.4 Å². The number of halogens is 1. The molecule has 3 rings (SSSR count). The normalized spacial score (nSPS) is 16.1. The van der Waals surface area contributed by atoms with Gasteiger partial charge in [-0.25, -0.2) is 0 Å². The van der Waals surface area contributed by atoms with E-state index in [0.717, 1.165) is 48.6 Å². The molecular formula is C17H20BrN3. The SMILES string of the molecule is Nc1c(Br)cccc1N1CCN(Cc2ccccc2)CC1. The third-order valence-corrected chi connectivity index (χ3v) is 4.68. The molecule has 1 fully saturated rings. The van der Waals surface area contributed by atoms with Crippen molar-refractivity contribution in [1.82, 2.24) is 4.90 Å². The predicted molar refractivity (Wildman–Crippen MR) is 92.5 cm³/mol. The Hall–Kier alpha value is -1.52. The summed E-state index contributed by atoms with van der Waals surface area (Å²) < 4.78 is 0.978. The van der Waals surface area contributed by atoms with Crippen LogP contribution in [0.5, 0.6) is 0 Å². The summed E-state index contributed by atoms with van der Waals surface area (Å²) >= 11 is 3.51. The first-order valence-corrected chi connectivity index (χ1v) is 8.08. The van der Waals surface area contributed by atoms with E-state index in [1.54, 1.807) is 0 Å². The van der Waals surface area contributed by atoms with Crippen molar-refractivity contribution in [3.8, 4) is 0 Å². The standard InChI is InChI=1S/C17H20BrN3/c18-15-7-4-8-16(17(15)19)21-11-9-20(10-12-21)13-14-5-2-1-3-6-14/h1-8H,9-13,19H2. The molecule has 0 saturated carbocycles. The first kappa shape index (κ1) is 14.4. The third kappa shape index (κ3) is 3.39. The second-order valence-corrected chi connectivity index (χ2v) is 6.28. The molecule has 1 heterocycles. The zero-order chi connectivity index (χ0) is 14.7. The van der Waals surface area contributed by atoms with Crippen LogP contribution in [0.2, 0.25) is 0 Å². The van der Waals surface area contributed by atoms with Crippen LogP contribution in [0.15, 0.2) is 53.0 Å². The maximum Gasteiger partial charge on any atom is 0.0696 e. The molecule has 0 amide bonds. The van der Waals surface area contributed by atoms with Crippen LogP contribution in [0, 0.1) is 0 Å². The van der Waals surface area contributed by atoms with Crippen molar-refractivity contribution in [2.45, 2.75) is 6.54 Å². The molecule has 2 aromatic rings. The Kier molecular flexibility index (Phi) is 4.46. The van der Waals surface area contributed by atoms with Gasteiger partial charge in [0.15, 0.2) is 0 Å². The van der Waals surface area contributed by atoms with Crippen LogP contribution < -0.4 is 10.6 Å². The minimum Gasteiger partial charge on any atom is -0.396 e. The van der Waals surface area contributed by atoms with Crippen LogP contribution in [-0.4, -0.2) is 31.1 Å². The number of hydrogen-bond acceptors (Lipinski definition) is 3. The largest absolute Gasteiger partial charge is 0.396 e. The Morgan fingerprint density at radius 3 is 2.33 bits per heavy atom. The molecule has 0 bridgehead atoms. The van der Waals surface area contributed by atoms with Crippen molar-refractivity contribution in [2.75, 3.05) is 36.8 Å². The molecule has 110 valence electrons. The van der Waals surface area contributed by atoms with E-state index < -0.39 is 0 Å². The number of nitrogen functional groups attached to an aromatic ring is 1. The molecule has 0 spiro atoms. The van der Waals surface area contributed by atoms with Gasteiger partial charge in [-0.15, -0.1) is 0 Å². The molecule has 2 aromatic carbocycles. The number of piperazine rings is 1. The lowest BCUT2D eigenvalue weighted by atomic mass is 10.2. The number of benzene rings is 2. The van der Waals surface area contributed by atoms with E-state index in [1.165, 1.54) is 5.56 Å². The summed E-state index contributed by atoms with van der Waals surface area (Å²) in [5.41, 5.74) is 9.54. The van der Waals surface area contributed by atoms with E-state index in [0.29, 0.717) is 0 Å². The first-order valence-electron chi connectivity index (χ1n) is 7.29. The van der Waals surface area contributed by atoms with Gasteiger partial charge in [0.25, 0.3) is 0 Å². The predicted octanol–water partition coefficient (Wildman–Crippen LogP) is 3.35. The Morgan fingerprint density at radius 2 is 1.62 bits per heavy atom. The zero-order valence-corrected chi connectivity index (χ0v) is 13.6. The van der Waals surface area contributed by atoms with Crippen LogP contribution >= 0.6 is 15.9 Å². The number of anilines is 2. The highest BCUT2D eigenvalue weighted by molar-refractivity contribution is 9.10. The molecule has 4 heteroatoms. The molecule has 0 atom stereocenters. The monoisotopic (exact) mass is 345 g/mol. The van der Waals surface area contributed by atoms with E-state index in [-0.39, 0.29) is 0 Å². The number of nitrogens with two attached hydrogens (primary N) is 1. The lowest BCUT2D eigenvalue weighted by Crippen LogP contribution is -2.46. The fourth-order valence-corrected chi connectivity index (χ4v) is 3.15. The van der Waals surface area contributed by atoms with Crippen LogP contribution in [0.3, 0.4) is 0 Å². The lowest BCUT2D eigenvalue weighted by Gasteiger charge is -2.36. The van der Waals surface area contributed by atoms with Gasteiger partial charge in [0, 0.05) is 37.2 Å². The second kappa shape index (κ2) is 6.50. The van der Waals surface area contributed by atoms with Gasteiger partial charge < -0.3 is 10.6 Å². The molecule has 1 saturated heterocycles. The summed E-state index contributed by atoms with van der Waals surface area (Å²) in [6.07, 6.45) is 0. The van der Waals surface area contributed by atoms with Crippen molar-refractivity contribution in [2.24, 2.45) is 0 Å². The number of nitrogens with zero attached hydrogens (tertiary/aromatic N) is 2. The molecule has 3 nitrogen and oxygen atoms in total. The van der Waals surface area contributed by atoms with Gasteiger partial charge in [-0.2, -0.15) is 0 Å². The molecule has 1 aliphatic rings. The van der Waals surface area contributed by atoms with Crippen LogP contribution in [-0.2, 0) is 6.54 Å². The topological polar surface area (TPSA) is 32.5 Å². The third-order valence-electron chi connectivity index (χ3n) is 3.99. The lowest BCUT2D eigenvalue weighted by molar-refractivity contribution is 0.250. The van der Waals surface area contributed by atoms with E-state index in [9.17, 15) is 0 Å². The summed E-state index contributed by atoms with van der Waals surface area (Å²) in [6.45, 7) is 5.21. The van der Waals surface area contributed by atoms with E-state index in [4.69, 9.17) is 5.73 Å². The maximum absolute atomic E-state index is 6.17. The molecule has 0 radical (unpaired) electrons. The Morgan fingerprint density at radius 1 is 0.905 bits per heavy atom. The quantitative estimate of drug-likeness (QED) is 0.865. The Labute approximate surface area is 134 Å². The van der Waals surface area contributed by atoms with Crippen LogP contribution in [0.25, 0.3) is 0 Å². The Bertz CT molecular complexity index is 592. The van der Waals surface area contributed by atoms with Gasteiger partial charge in [-0.3, -0.25) is 4.90 Å². The average molecular weight is 346 g/mol. The van der Waals surface area contributed by atoms with Gasteiger partial charge in [-0.05, 0) is 33.6 Å². The van der Waals surface area contributed by atoms with Crippen LogP contribution in [0.1, 0.15) is 5.56 Å². The van der Waals surface area contributed by atoms with Gasteiger partial charge in [0.1, 0.15) is 0 Å². The van der Waals surface area contributed by atoms with E-state index >= 15 is 0 Å². The van der Waals surface area contributed by atoms with Gasteiger partial charge in [0.05, 0.1) is 11.4 Å². The number of rotatable bonds is 3. The summed E-state index contributed by atoms with van der Waals surface area (Å²) in [5, 5.41) is 0. The molecule has 0 aromatic heterocycles. The summed E-state index contributed by atoms with van der Waals surface area (Å²) in [7, 11) is 0. The highest BCUT2D eigenvalue weighted by Gasteiger charge is 2.19. The summed E-state index contributed by atoms with van der Waals surface area (Å²) in [6, 6.07) is 16.8. The maximum atomic E-state index is 6.17. The number of para-hydroxylation sites is 1. The van der Waals surface area contributed by atoms with Crippen molar-refractivity contribution < 1.29 is 0 Å². The fraction of sp³-hybridized carbons (Fsp3) is 0.294. The minimum atomic E-state index is 0.842. The molecule has 0 unspecified atom stereocenters. The van der Waals surface area contributed by atoms with Crippen molar-refractivity contribution in [3.63, 3.8) is 0 Å². The zero-order valence-electron chi connectivity index (χ0n) is 12.0. The highest BCUT2D eigenvalue weighted by Crippen LogP contribution is 2.31. The number of hydrogen-bond donors (Lipinski definition) is 1. The molecular weight excluding hydrogens is 326 g/mol. The molecule has 1 aliphatic heterocycles. The van der Waals surface area contributed by atoms with E-state index in [1.807, 2.05) is 12.1 Å². The van der Waals surface area contributed by atoms with Gasteiger partial charge in [-0.1, -0.05) is 36.4 Å². The first-order chi connectivity index (χ1) is 10.2. The summed E-state index contributed by atoms with van der Waals surface area (Å²) in [5.74, 6) is 0.